The molecule has 1 aliphatic heterocycles. The van der Waals surface area contributed by atoms with Crippen molar-refractivity contribution in [2.45, 2.75) is 40.0 Å². The maximum Gasteiger partial charge on any atom is 0.261 e. The molecule has 0 spiro atoms. The Morgan fingerprint density at radius 3 is 2.90 bits per heavy atom. The number of nitrogens with zero attached hydrogens (tertiary/aromatic N) is 3. The second kappa shape index (κ2) is 9.48. The second-order valence-electron chi connectivity index (χ2n) is 7.88. The van der Waals surface area contributed by atoms with Gasteiger partial charge in [-0.3, -0.25) is 14.4 Å². The fourth-order valence-corrected chi connectivity index (χ4v) is 5.49. The van der Waals surface area contributed by atoms with Crippen LogP contribution in [0.2, 0.25) is 0 Å². The first kappa shape index (κ1) is 22.0. The Morgan fingerprint density at radius 2 is 2.16 bits per heavy atom. The van der Waals surface area contributed by atoms with Gasteiger partial charge in [0.05, 0.1) is 29.9 Å². The summed E-state index contributed by atoms with van der Waals surface area (Å²) in [5, 5.41) is 17.6. The molecule has 1 atom stereocenters. The minimum atomic E-state index is -0.179. The fourth-order valence-electron chi connectivity index (χ4n) is 4.32. The lowest BCUT2D eigenvalue weighted by molar-refractivity contribution is -0.0324. The number of hydrogen-bond donors (Lipinski definition) is 2. The second-order valence-corrected chi connectivity index (χ2v) is 8.93. The third kappa shape index (κ3) is 4.39. The number of fused-ring (bicyclic) bond motifs is 1. The molecule has 3 aromatic rings. The smallest absolute Gasteiger partial charge is 0.261 e. The maximum atomic E-state index is 12.8. The van der Waals surface area contributed by atoms with E-state index in [2.05, 4.69) is 46.8 Å². The van der Waals surface area contributed by atoms with E-state index < -0.39 is 0 Å². The van der Waals surface area contributed by atoms with Crippen LogP contribution < -0.4 is 5.32 Å². The van der Waals surface area contributed by atoms with Crippen molar-refractivity contribution in [1.29, 1.82) is 0 Å². The van der Waals surface area contributed by atoms with Gasteiger partial charge >= 0.3 is 0 Å². The Hall–Kier alpha value is -2.26. The van der Waals surface area contributed by atoms with E-state index in [1.807, 2.05) is 18.2 Å². The molecule has 31 heavy (non-hydrogen) atoms. The van der Waals surface area contributed by atoms with Crippen LogP contribution >= 0.6 is 11.3 Å². The van der Waals surface area contributed by atoms with Crippen LogP contribution in [0.3, 0.4) is 0 Å². The summed E-state index contributed by atoms with van der Waals surface area (Å²) in [7, 11) is 0. The number of aliphatic hydroxyl groups excluding tert-OH is 1. The third-order valence-corrected chi connectivity index (χ3v) is 7.11. The van der Waals surface area contributed by atoms with Crippen LogP contribution in [-0.2, 0) is 17.8 Å². The van der Waals surface area contributed by atoms with Crippen molar-refractivity contribution >= 4 is 27.3 Å². The molecule has 0 bridgehead atoms. The van der Waals surface area contributed by atoms with Gasteiger partial charge in [0.15, 0.2) is 0 Å². The zero-order chi connectivity index (χ0) is 22.0. The average molecular weight is 443 g/mol. The van der Waals surface area contributed by atoms with Gasteiger partial charge in [0.2, 0.25) is 0 Å². The van der Waals surface area contributed by atoms with Crippen LogP contribution in [0.5, 0.6) is 0 Å². The van der Waals surface area contributed by atoms with E-state index in [4.69, 9.17) is 9.84 Å². The number of nitrogens with one attached hydrogen (secondary N) is 1. The highest BCUT2D eigenvalue weighted by Gasteiger charge is 2.30. The monoisotopic (exact) mass is 442 g/mol. The van der Waals surface area contributed by atoms with Crippen LogP contribution in [0.15, 0.2) is 24.3 Å². The van der Waals surface area contributed by atoms with Gasteiger partial charge in [-0.1, -0.05) is 18.2 Å². The van der Waals surface area contributed by atoms with E-state index >= 15 is 0 Å². The summed E-state index contributed by atoms with van der Waals surface area (Å²) < 4.78 is 9.32. The van der Waals surface area contributed by atoms with E-state index in [-0.39, 0.29) is 25.2 Å². The summed E-state index contributed by atoms with van der Waals surface area (Å²) >= 11 is 1.49. The highest BCUT2D eigenvalue weighted by atomic mass is 32.1. The number of aromatic nitrogens is 2. The molecule has 2 N–H and O–H groups in total. The predicted molar refractivity (Wildman–Crippen MR) is 123 cm³/mol. The number of thiophene rings is 1. The number of ether oxygens (including phenoxy) is 1. The number of morpholine rings is 1. The molecule has 1 amide bonds. The molecule has 1 aliphatic rings. The largest absolute Gasteiger partial charge is 0.395 e. The molecule has 4 rings (SSSR count). The molecule has 1 fully saturated rings. The lowest BCUT2D eigenvalue weighted by Crippen LogP contribution is -2.38. The molecule has 1 unspecified atom stereocenters. The van der Waals surface area contributed by atoms with E-state index in [0.717, 1.165) is 47.5 Å². The molecule has 0 aliphatic carbocycles. The zero-order valence-corrected chi connectivity index (χ0v) is 19.2. The van der Waals surface area contributed by atoms with Crippen molar-refractivity contribution in [3.8, 4) is 0 Å². The summed E-state index contributed by atoms with van der Waals surface area (Å²) in [6.07, 6.45) is -0.179. The Kier molecular flexibility index (Phi) is 6.71. The predicted octanol–water partition coefficient (Wildman–Crippen LogP) is 3.03. The molecule has 166 valence electrons. The van der Waals surface area contributed by atoms with Crippen LogP contribution in [-0.4, -0.2) is 58.5 Å². The summed E-state index contributed by atoms with van der Waals surface area (Å²) in [5.41, 5.74) is 4.53. The van der Waals surface area contributed by atoms with Crippen molar-refractivity contribution in [2.75, 3.05) is 32.8 Å². The minimum Gasteiger partial charge on any atom is -0.395 e. The molecule has 0 radical (unpaired) electrons. The van der Waals surface area contributed by atoms with Gasteiger partial charge < -0.3 is 15.2 Å². The number of hydrogen-bond acceptors (Lipinski definition) is 6. The molecule has 1 saturated heterocycles. The van der Waals surface area contributed by atoms with E-state index in [9.17, 15) is 4.79 Å². The van der Waals surface area contributed by atoms with Crippen LogP contribution in [0, 0.1) is 13.8 Å². The Balaban J connectivity index is 1.62. The highest BCUT2D eigenvalue weighted by molar-refractivity contribution is 7.21. The van der Waals surface area contributed by atoms with Crippen LogP contribution in [0.4, 0.5) is 0 Å². The first-order valence-corrected chi connectivity index (χ1v) is 11.6. The molecular weight excluding hydrogens is 412 g/mol. The number of benzene rings is 1. The van der Waals surface area contributed by atoms with Crippen LogP contribution in [0.25, 0.3) is 10.1 Å². The molecule has 1 aromatic carbocycles. The molecule has 2 aromatic heterocycles. The van der Waals surface area contributed by atoms with Gasteiger partial charge in [0.25, 0.3) is 5.91 Å². The average Bonchev–Trinajstić information content (AvgIpc) is 3.30. The van der Waals surface area contributed by atoms with Gasteiger partial charge in [-0.05, 0) is 32.2 Å². The zero-order valence-electron chi connectivity index (χ0n) is 18.4. The fraction of sp³-hybridized carbons (Fsp3) is 0.478. The Labute approximate surface area is 186 Å². The highest BCUT2D eigenvalue weighted by Crippen LogP contribution is 2.38. The summed E-state index contributed by atoms with van der Waals surface area (Å²) in [5.74, 6) is -0.151. The molecule has 0 saturated carbocycles. The molecule has 3 heterocycles. The van der Waals surface area contributed by atoms with E-state index in [0.29, 0.717) is 11.5 Å². The quantitative estimate of drug-likeness (QED) is 0.588. The Morgan fingerprint density at radius 1 is 1.35 bits per heavy atom. The number of carbonyl (C=O) groups is 1. The first-order chi connectivity index (χ1) is 15.0. The maximum absolute atomic E-state index is 12.8. The molecular formula is C23H30N4O3S. The SMILES string of the molecule is CCn1nc(C)c(CN2CCOC(c3c(C(=O)NCCO)sc4ccccc34)C2)c1C. The van der Waals surface area contributed by atoms with E-state index in [1.165, 1.54) is 22.6 Å². The number of amides is 1. The molecule has 8 heteroatoms. The lowest BCUT2D eigenvalue weighted by Gasteiger charge is -2.33. The number of aryl methyl sites for hydroxylation is 2. The van der Waals surface area contributed by atoms with Crippen molar-refractivity contribution < 1.29 is 14.6 Å². The minimum absolute atomic E-state index is 0.0795. The lowest BCUT2D eigenvalue weighted by atomic mass is 10.0. The van der Waals surface area contributed by atoms with Gasteiger partial charge in [-0.15, -0.1) is 11.3 Å². The first-order valence-electron chi connectivity index (χ1n) is 10.8. The van der Waals surface area contributed by atoms with Gasteiger partial charge in [0.1, 0.15) is 0 Å². The number of carbonyl (C=O) groups excluding carboxylic acids is 1. The topological polar surface area (TPSA) is 79.6 Å². The number of aliphatic hydroxyl groups is 1. The normalized spacial score (nSPS) is 17.4. The summed E-state index contributed by atoms with van der Waals surface area (Å²) in [4.78, 5) is 15.9. The van der Waals surface area contributed by atoms with Gasteiger partial charge in [-0.25, -0.2) is 0 Å². The van der Waals surface area contributed by atoms with Crippen molar-refractivity contribution in [3.05, 3.63) is 51.7 Å². The summed E-state index contributed by atoms with van der Waals surface area (Å²) in [6, 6.07) is 8.09. The van der Waals surface area contributed by atoms with Crippen molar-refractivity contribution in [2.24, 2.45) is 0 Å². The third-order valence-electron chi connectivity index (χ3n) is 5.92. The van der Waals surface area contributed by atoms with Crippen LogP contribution in [0.1, 0.15) is 45.2 Å². The van der Waals surface area contributed by atoms with Gasteiger partial charge in [-0.2, -0.15) is 5.10 Å². The summed E-state index contributed by atoms with van der Waals surface area (Å²) in [6.45, 7) is 10.4. The number of rotatable bonds is 7. The van der Waals surface area contributed by atoms with Gasteiger partial charge in [0, 0.05) is 54.2 Å². The van der Waals surface area contributed by atoms with Crippen molar-refractivity contribution in [3.63, 3.8) is 0 Å². The van der Waals surface area contributed by atoms with E-state index in [1.54, 1.807) is 0 Å². The standard InChI is InChI=1S/C23H30N4O3S/c1-4-27-16(3)18(15(2)25-27)13-26-10-12-30-19(14-26)21-17-7-5-6-8-20(17)31-22(21)23(29)24-9-11-28/h5-8,19,28H,4,9-14H2,1-3H3,(H,24,29). The van der Waals surface area contributed by atoms with Crippen molar-refractivity contribution in [1.82, 2.24) is 20.0 Å². The Bertz CT molecular complexity index is 1070. The molecule has 7 nitrogen and oxygen atoms in total.